The van der Waals surface area contributed by atoms with Crippen molar-refractivity contribution >= 4 is 27.2 Å². The number of nitrogens with zero attached hydrogens (tertiary/aromatic N) is 2. The molecule has 0 aliphatic rings. The van der Waals surface area contributed by atoms with Crippen LogP contribution in [0.4, 0.5) is 13.2 Å². The molecule has 31 heavy (non-hydrogen) atoms. The molecule has 0 spiro atoms. The molecule has 0 N–H and O–H groups in total. The first-order valence-corrected chi connectivity index (χ1v) is 9.89. The summed E-state index contributed by atoms with van der Waals surface area (Å²) < 4.78 is 41.9. The zero-order valence-electron chi connectivity index (χ0n) is 16.2. The van der Waals surface area contributed by atoms with Crippen LogP contribution < -0.4 is 0 Å². The lowest BCUT2D eigenvalue weighted by Gasteiger charge is -2.08. The molecule has 6 rings (SSSR count). The number of halogens is 3. The number of fused-ring (bicyclic) bond motifs is 3. The lowest BCUT2D eigenvalue weighted by molar-refractivity contribution is -0.137. The smallest absolute Gasteiger partial charge is 0.306 e. The Balaban J connectivity index is 1.66. The molecule has 3 aromatic carbocycles. The molecular formula is C26H15F3N2. The van der Waals surface area contributed by atoms with Gasteiger partial charge in [0.15, 0.2) is 0 Å². The van der Waals surface area contributed by atoms with Crippen molar-refractivity contribution in [2.24, 2.45) is 0 Å². The van der Waals surface area contributed by atoms with Crippen LogP contribution in [-0.4, -0.2) is 9.38 Å². The van der Waals surface area contributed by atoms with E-state index in [9.17, 15) is 13.2 Å². The topological polar surface area (TPSA) is 17.3 Å². The first-order valence-electron chi connectivity index (χ1n) is 9.89. The molecule has 0 aliphatic heterocycles. The van der Waals surface area contributed by atoms with E-state index in [0.717, 1.165) is 50.5 Å². The maximum absolute atomic E-state index is 13.3. The third-order valence-electron chi connectivity index (χ3n) is 5.81. The van der Waals surface area contributed by atoms with E-state index in [1.54, 1.807) is 0 Å². The van der Waals surface area contributed by atoms with E-state index in [4.69, 9.17) is 0 Å². The molecule has 5 heteroatoms. The van der Waals surface area contributed by atoms with E-state index in [1.165, 1.54) is 6.20 Å². The molecular weight excluding hydrogens is 397 g/mol. The van der Waals surface area contributed by atoms with Crippen LogP contribution in [0, 0.1) is 0 Å². The average Bonchev–Trinajstić information content (AvgIpc) is 3.34. The van der Waals surface area contributed by atoms with Crippen LogP contribution in [0.25, 0.3) is 49.7 Å². The van der Waals surface area contributed by atoms with Gasteiger partial charge >= 0.3 is 6.18 Å². The van der Waals surface area contributed by atoms with E-state index < -0.39 is 11.7 Å². The number of hydrogen-bond donors (Lipinski definition) is 0. The van der Waals surface area contributed by atoms with Crippen molar-refractivity contribution in [1.82, 2.24) is 9.38 Å². The minimum atomic E-state index is -4.41. The second-order valence-corrected chi connectivity index (χ2v) is 7.63. The summed E-state index contributed by atoms with van der Waals surface area (Å²) in [6.45, 7) is 0. The zero-order valence-corrected chi connectivity index (χ0v) is 16.2. The largest absolute Gasteiger partial charge is 0.416 e. The summed E-state index contributed by atoms with van der Waals surface area (Å²) >= 11 is 0. The van der Waals surface area contributed by atoms with Crippen LogP contribution >= 0.6 is 0 Å². The minimum Gasteiger partial charge on any atom is -0.306 e. The Hall–Kier alpha value is -3.86. The molecule has 0 unspecified atom stereocenters. The summed E-state index contributed by atoms with van der Waals surface area (Å²) in [4.78, 5) is 4.27. The third-order valence-corrected chi connectivity index (χ3v) is 5.81. The summed E-state index contributed by atoms with van der Waals surface area (Å²) in [7, 11) is 0. The molecule has 6 aromatic rings. The maximum atomic E-state index is 13.3. The van der Waals surface area contributed by atoms with Crippen LogP contribution in [0.1, 0.15) is 5.56 Å². The lowest BCUT2D eigenvalue weighted by Crippen LogP contribution is -2.05. The first-order chi connectivity index (χ1) is 15.0. The third kappa shape index (κ3) is 2.70. The van der Waals surface area contributed by atoms with Gasteiger partial charge in [0.25, 0.3) is 0 Å². The molecule has 150 valence electrons. The van der Waals surface area contributed by atoms with Gasteiger partial charge in [-0.2, -0.15) is 13.2 Å². The SMILES string of the molecule is FC(F)(F)c1ccnc(-c2cc3cccc4c5cc(-c6ccccc6)ccc5n2c34)c1. The van der Waals surface area contributed by atoms with Crippen molar-refractivity contribution in [2.75, 3.05) is 0 Å². The normalized spacial score (nSPS) is 12.4. The maximum Gasteiger partial charge on any atom is 0.416 e. The van der Waals surface area contributed by atoms with Crippen molar-refractivity contribution in [3.63, 3.8) is 0 Å². The molecule has 0 aliphatic carbocycles. The van der Waals surface area contributed by atoms with Gasteiger partial charge in [-0.3, -0.25) is 4.98 Å². The average molecular weight is 412 g/mol. The standard InChI is InChI=1S/C26H15F3N2/c27-26(28,29)19-11-12-30-22(15-19)24-14-18-7-4-8-20-21-13-17(16-5-2-1-3-6-16)9-10-23(21)31(24)25(18)20/h1-15H. The molecule has 3 aromatic heterocycles. The number of aromatic nitrogens is 2. The Kier molecular flexibility index (Phi) is 3.66. The second-order valence-electron chi connectivity index (χ2n) is 7.63. The van der Waals surface area contributed by atoms with E-state index >= 15 is 0 Å². The van der Waals surface area contributed by atoms with Gasteiger partial charge in [-0.1, -0.05) is 54.6 Å². The quantitative estimate of drug-likeness (QED) is 0.289. The molecule has 0 radical (unpaired) electrons. The van der Waals surface area contributed by atoms with E-state index in [1.807, 2.05) is 46.9 Å². The van der Waals surface area contributed by atoms with Crippen molar-refractivity contribution in [1.29, 1.82) is 0 Å². The number of hydrogen-bond acceptors (Lipinski definition) is 1. The van der Waals surface area contributed by atoms with Gasteiger partial charge in [-0.25, -0.2) is 0 Å². The summed E-state index contributed by atoms with van der Waals surface area (Å²) in [5.74, 6) is 0. The highest BCUT2D eigenvalue weighted by Gasteiger charge is 2.31. The molecule has 0 bridgehead atoms. The highest BCUT2D eigenvalue weighted by Crippen LogP contribution is 2.40. The predicted molar refractivity (Wildman–Crippen MR) is 117 cm³/mol. The van der Waals surface area contributed by atoms with E-state index in [-0.39, 0.29) is 0 Å². The van der Waals surface area contributed by atoms with Gasteiger partial charge in [0, 0.05) is 22.4 Å². The first kappa shape index (κ1) is 18.0. The van der Waals surface area contributed by atoms with Crippen molar-refractivity contribution in [3.8, 4) is 22.5 Å². The van der Waals surface area contributed by atoms with Crippen LogP contribution in [0.15, 0.2) is 91.1 Å². The number of benzene rings is 3. The Labute approximate surface area is 175 Å². The number of pyridine rings is 1. The van der Waals surface area contributed by atoms with Gasteiger partial charge in [-0.15, -0.1) is 0 Å². The van der Waals surface area contributed by atoms with Crippen LogP contribution in [0.3, 0.4) is 0 Å². The van der Waals surface area contributed by atoms with Gasteiger partial charge in [-0.05, 0) is 41.5 Å². The monoisotopic (exact) mass is 412 g/mol. The van der Waals surface area contributed by atoms with Crippen LogP contribution in [0.2, 0.25) is 0 Å². The summed E-state index contributed by atoms with van der Waals surface area (Å²) in [5.41, 5.74) is 4.42. The summed E-state index contributed by atoms with van der Waals surface area (Å²) in [6.07, 6.45) is -3.19. The number of para-hydroxylation sites is 1. The highest BCUT2D eigenvalue weighted by atomic mass is 19.4. The zero-order chi connectivity index (χ0) is 21.2. The van der Waals surface area contributed by atoms with Crippen LogP contribution in [-0.2, 0) is 6.18 Å². The predicted octanol–water partition coefficient (Wildman–Crippen LogP) is 7.43. The van der Waals surface area contributed by atoms with Gasteiger partial charge in [0.1, 0.15) is 0 Å². The summed E-state index contributed by atoms with van der Waals surface area (Å²) in [5, 5.41) is 3.11. The number of rotatable bonds is 2. The minimum absolute atomic E-state index is 0.303. The Bertz CT molecular complexity index is 1560. The fourth-order valence-corrected chi connectivity index (χ4v) is 4.42. The fraction of sp³-hybridized carbons (Fsp3) is 0.0385. The Morgan fingerprint density at radius 2 is 1.55 bits per heavy atom. The Morgan fingerprint density at radius 1 is 0.710 bits per heavy atom. The van der Waals surface area contributed by atoms with E-state index in [2.05, 4.69) is 35.3 Å². The molecule has 2 nitrogen and oxygen atoms in total. The Morgan fingerprint density at radius 3 is 2.35 bits per heavy atom. The van der Waals surface area contributed by atoms with E-state index in [0.29, 0.717) is 11.4 Å². The van der Waals surface area contributed by atoms with Crippen molar-refractivity contribution in [3.05, 3.63) is 96.7 Å². The van der Waals surface area contributed by atoms with Gasteiger partial charge in [0.2, 0.25) is 0 Å². The highest BCUT2D eigenvalue weighted by molar-refractivity contribution is 6.16. The fourth-order valence-electron chi connectivity index (χ4n) is 4.42. The number of alkyl halides is 3. The molecule has 0 atom stereocenters. The van der Waals surface area contributed by atoms with Crippen molar-refractivity contribution in [2.45, 2.75) is 6.18 Å². The molecule has 3 heterocycles. The summed E-state index contributed by atoms with van der Waals surface area (Å²) in [6, 6.07) is 26.4. The van der Waals surface area contributed by atoms with Crippen molar-refractivity contribution < 1.29 is 13.2 Å². The molecule has 0 saturated carbocycles. The van der Waals surface area contributed by atoms with Gasteiger partial charge < -0.3 is 4.40 Å². The van der Waals surface area contributed by atoms with Crippen LogP contribution in [0.5, 0.6) is 0 Å². The molecule has 0 saturated heterocycles. The lowest BCUT2D eigenvalue weighted by atomic mass is 10.0. The second kappa shape index (κ2) is 6.32. The van der Waals surface area contributed by atoms with Gasteiger partial charge in [0.05, 0.1) is 28.0 Å². The molecule has 0 amide bonds. The molecule has 0 fully saturated rings.